The van der Waals surface area contributed by atoms with Crippen LogP contribution in [0.1, 0.15) is 0 Å². The van der Waals surface area contributed by atoms with Crippen LogP contribution in [0, 0.1) is 0 Å². The van der Waals surface area contributed by atoms with E-state index in [0.717, 1.165) is 49.2 Å². The number of pyridine rings is 1. The summed E-state index contributed by atoms with van der Waals surface area (Å²) in [5.41, 5.74) is 13.2. The minimum absolute atomic E-state index is 0.00242. The first kappa shape index (κ1) is 28.5. The van der Waals surface area contributed by atoms with Crippen molar-refractivity contribution in [2.45, 2.75) is 0 Å². The molecule has 0 saturated heterocycles. The van der Waals surface area contributed by atoms with E-state index in [1.54, 1.807) is 0 Å². The van der Waals surface area contributed by atoms with Crippen LogP contribution in [0.3, 0.4) is 0 Å². The Bertz CT molecular complexity index is 2920. The molecule has 0 bridgehead atoms. The predicted molar refractivity (Wildman–Crippen MR) is 211 cm³/mol. The van der Waals surface area contributed by atoms with E-state index in [1.807, 2.05) is 12.4 Å². The molecular weight excluding hydrogens is 689 g/mol. The van der Waals surface area contributed by atoms with Crippen LogP contribution in [-0.2, 0) is 0 Å². The maximum absolute atomic E-state index is 5.21. The Morgan fingerprint density at radius 3 is 1.59 bits per heavy atom. The normalized spacial score (nSPS) is 11.9. The number of nitrogens with zero attached hydrogens (tertiary/aromatic N) is 5. The Hall–Kier alpha value is -6.33. The molecule has 0 saturated carbocycles. The second-order valence-electron chi connectivity index (χ2n) is 12.9. The van der Waals surface area contributed by atoms with Crippen molar-refractivity contribution in [3.8, 4) is 33.8 Å². The number of para-hydroxylation sites is 4. The van der Waals surface area contributed by atoms with E-state index in [4.69, 9.17) is 15.0 Å². The van der Waals surface area contributed by atoms with E-state index in [-0.39, 0.29) is 14.5 Å². The van der Waals surface area contributed by atoms with Crippen LogP contribution in [0.4, 0.5) is 0 Å². The average Bonchev–Trinajstić information content (AvgIpc) is 3.85. The zero-order chi connectivity index (χ0) is 33.5. The van der Waals surface area contributed by atoms with Gasteiger partial charge >= 0.3 is 300 Å². The summed E-state index contributed by atoms with van der Waals surface area (Å²) in [6, 6.07) is 54.2. The summed E-state index contributed by atoms with van der Waals surface area (Å²) in [5.74, 6) is 0. The molecule has 0 spiro atoms. The molecule has 5 aromatic heterocycles. The number of hydrogen-bond donors (Lipinski definition) is 0. The van der Waals surface area contributed by atoms with Gasteiger partial charge in [0.1, 0.15) is 0 Å². The fraction of sp³-hybridized carbons (Fsp3) is 0. The van der Waals surface area contributed by atoms with Crippen LogP contribution < -0.4 is 0 Å². The van der Waals surface area contributed by atoms with Crippen LogP contribution >= 0.6 is 0 Å². The summed E-state index contributed by atoms with van der Waals surface area (Å²) in [4.78, 5) is 15.2. The van der Waals surface area contributed by atoms with Gasteiger partial charge < -0.3 is 0 Å². The maximum atomic E-state index is 5.21. The van der Waals surface area contributed by atoms with Crippen molar-refractivity contribution in [3.63, 3.8) is 0 Å². The summed E-state index contributed by atoms with van der Waals surface area (Å²) in [7, 11) is 0. The molecule has 0 radical (unpaired) electrons. The van der Waals surface area contributed by atoms with Crippen molar-refractivity contribution in [2.75, 3.05) is 0 Å². The van der Waals surface area contributed by atoms with E-state index >= 15 is 0 Å². The molecule has 0 amide bonds. The van der Waals surface area contributed by atoms with Gasteiger partial charge in [0.05, 0.1) is 0 Å². The van der Waals surface area contributed by atoms with E-state index in [9.17, 15) is 0 Å². The molecule has 11 aromatic rings. The van der Waals surface area contributed by atoms with Gasteiger partial charge in [-0.15, -0.1) is 0 Å². The third kappa shape index (κ3) is 4.37. The fourth-order valence-corrected chi connectivity index (χ4v) is 9.86. The fourth-order valence-electron chi connectivity index (χ4n) is 7.70. The number of benzene rings is 6. The predicted octanol–water partition coefficient (Wildman–Crippen LogP) is 10.8. The molecule has 0 aliphatic rings. The number of fused-ring (bicyclic) bond motifs is 9. The first-order chi connectivity index (χ1) is 25.3. The number of rotatable bonds is 4. The van der Waals surface area contributed by atoms with Crippen molar-refractivity contribution in [2.24, 2.45) is 0 Å². The summed E-state index contributed by atoms with van der Waals surface area (Å²) >= 11 is -0.00242. The van der Waals surface area contributed by atoms with Gasteiger partial charge in [-0.3, -0.25) is 0 Å². The molecular formula is C45H27N5Se. The Kier molecular flexibility index (Phi) is 6.20. The van der Waals surface area contributed by atoms with E-state index in [2.05, 4.69) is 161 Å². The molecule has 0 aliphatic heterocycles. The second kappa shape index (κ2) is 11.1. The van der Waals surface area contributed by atoms with E-state index < -0.39 is 0 Å². The summed E-state index contributed by atoms with van der Waals surface area (Å²) in [6.07, 6.45) is 3.90. The quantitative estimate of drug-likeness (QED) is 0.170. The summed E-state index contributed by atoms with van der Waals surface area (Å²) < 4.78 is 6.95. The molecule has 6 heteroatoms. The zero-order valence-corrected chi connectivity index (χ0v) is 28.9. The van der Waals surface area contributed by atoms with Gasteiger partial charge in [0.25, 0.3) is 0 Å². The van der Waals surface area contributed by atoms with Crippen molar-refractivity contribution < 1.29 is 0 Å². The SMILES string of the molecule is c1ccc(-n2c3ccccc3c3cc(-c4cnc5c(c4)[se]c4nc(-c6ccc7c(c6)c6ccccc6n7-c6ccccc6)cnc45)ccc32)cc1. The molecule has 0 atom stereocenters. The third-order valence-corrected chi connectivity index (χ3v) is 12.1. The van der Waals surface area contributed by atoms with Gasteiger partial charge in [0.15, 0.2) is 0 Å². The molecule has 5 nitrogen and oxygen atoms in total. The van der Waals surface area contributed by atoms with Crippen LogP contribution in [0.5, 0.6) is 0 Å². The Morgan fingerprint density at radius 1 is 0.412 bits per heavy atom. The van der Waals surface area contributed by atoms with Gasteiger partial charge in [-0.2, -0.15) is 0 Å². The summed E-state index contributed by atoms with van der Waals surface area (Å²) in [6.45, 7) is 0. The standard InChI is InChI=1S/C45H27N5Se/c1-3-11-31(12-4-1)49-38-17-9-7-15-33(38)35-23-28(19-21-40(35)49)30-25-42-43(46-26-30)44-45(51-42)48-37(27-47-44)29-20-22-41-36(24-29)34-16-8-10-18-39(34)50(41)32-13-5-2-6-14-32/h1-27H. The average molecular weight is 717 g/mol. The van der Waals surface area contributed by atoms with Crippen LogP contribution in [0.25, 0.3) is 97.1 Å². The van der Waals surface area contributed by atoms with Gasteiger partial charge in [-0.25, -0.2) is 0 Å². The van der Waals surface area contributed by atoms with Crippen molar-refractivity contribution in [3.05, 3.63) is 164 Å². The Morgan fingerprint density at radius 2 is 0.941 bits per heavy atom. The molecule has 0 N–H and O–H groups in total. The van der Waals surface area contributed by atoms with Crippen molar-refractivity contribution >= 4 is 77.8 Å². The number of hydrogen-bond acceptors (Lipinski definition) is 3. The second-order valence-corrected chi connectivity index (χ2v) is 15.1. The first-order valence-electron chi connectivity index (χ1n) is 17.0. The molecule has 11 rings (SSSR count). The van der Waals surface area contributed by atoms with Crippen LogP contribution in [-0.4, -0.2) is 38.6 Å². The van der Waals surface area contributed by atoms with Gasteiger partial charge in [-0.1, -0.05) is 0 Å². The molecule has 51 heavy (non-hydrogen) atoms. The number of aromatic nitrogens is 5. The van der Waals surface area contributed by atoms with E-state index in [1.165, 1.54) is 47.9 Å². The first-order valence-corrected chi connectivity index (χ1v) is 18.7. The topological polar surface area (TPSA) is 48.5 Å². The Balaban J connectivity index is 1.01. The van der Waals surface area contributed by atoms with Crippen molar-refractivity contribution in [1.82, 2.24) is 24.1 Å². The molecule has 0 unspecified atom stereocenters. The van der Waals surface area contributed by atoms with Crippen LogP contribution in [0.15, 0.2) is 164 Å². The van der Waals surface area contributed by atoms with Gasteiger partial charge in [0.2, 0.25) is 0 Å². The molecule has 0 aliphatic carbocycles. The monoisotopic (exact) mass is 717 g/mol. The minimum atomic E-state index is -0.00242. The summed E-state index contributed by atoms with van der Waals surface area (Å²) in [5, 5.41) is 4.91. The third-order valence-electron chi connectivity index (χ3n) is 10.0. The molecule has 6 aromatic carbocycles. The van der Waals surface area contributed by atoms with E-state index in [0.29, 0.717) is 0 Å². The van der Waals surface area contributed by atoms with Gasteiger partial charge in [-0.05, 0) is 0 Å². The molecule has 5 heterocycles. The van der Waals surface area contributed by atoms with Crippen molar-refractivity contribution in [1.29, 1.82) is 0 Å². The Labute approximate surface area is 298 Å². The zero-order valence-electron chi connectivity index (χ0n) is 27.2. The van der Waals surface area contributed by atoms with Crippen LogP contribution in [0.2, 0.25) is 0 Å². The molecule has 238 valence electrons. The van der Waals surface area contributed by atoms with Gasteiger partial charge in [0, 0.05) is 0 Å². The molecule has 0 fully saturated rings.